The second-order valence-electron chi connectivity index (χ2n) is 7.57. The SMILES string of the molecule is N[C@@]1(C(=O)O)CN(S(=O)(=O)N2CCC[C@H]3CC32)C[C@@H]1CCCB(O)O. The summed E-state index contributed by atoms with van der Waals surface area (Å²) in [6.07, 6.45) is 3.58. The van der Waals surface area contributed by atoms with Gasteiger partial charge in [-0.2, -0.15) is 17.0 Å². The van der Waals surface area contributed by atoms with Crippen molar-refractivity contribution in [1.82, 2.24) is 8.61 Å². The highest BCUT2D eigenvalue weighted by atomic mass is 32.2. The zero-order chi connectivity index (χ0) is 18.4. The molecule has 0 aromatic carbocycles. The van der Waals surface area contributed by atoms with Gasteiger partial charge in [-0.1, -0.05) is 6.42 Å². The van der Waals surface area contributed by atoms with Crippen molar-refractivity contribution >= 4 is 23.3 Å². The number of hydrogen-bond acceptors (Lipinski definition) is 6. The number of carboxylic acids is 1. The molecule has 142 valence electrons. The molecule has 0 aromatic heterocycles. The van der Waals surface area contributed by atoms with E-state index in [0.717, 1.165) is 19.3 Å². The predicted octanol–water partition coefficient (Wildman–Crippen LogP) is -1.32. The van der Waals surface area contributed by atoms with E-state index in [4.69, 9.17) is 15.8 Å². The van der Waals surface area contributed by atoms with Crippen LogP contribution < -0.4 is 5.73 Å². The molecular formula is C14H26BN3O6S. The summed E-state index contributed by atoms with van der Waals surface area (Å²) in [5.74, 6) is -1.34. The van der Waals surface area contributed by atoms with Crippen molar-refractivity contribution in [3.05, 3.63) is 0 Å². The van der Waals surface area contributed by atoms with Crippen molar-refractivity contribution in [1.29, 1.82) is 0 Å². The van der Waals surface area contributed by atoms with Gasteiger partial charge in [0.05, 0.1) is 0 Å². The zero-order valence-corrected chi connectivity index (χ0v) is 14.9. The van der Waals surface area contributed by atoms with E-state index in [0.29, 0.717) is 25.3 Å². The number of piperidine rings is 1. The van der Waals surface area contributed by atoms with Crippen LogP contribution in [0.25, 0.3) is 0 Å². The third-order valence-corrected chi connectivity index (χ3v) is 7.81. The summed E-state index contributed by atoms with van der Waals surface area (Å²) in [4.78, 5) is 11.7. The van der Waals surface area contributed by atoms with Crippen LogP contribution in [0.1, 0.15) is 32.1 Å². The van der Waals surface area contributed by atoms with Crippen molar-refractivity contribution in [3.8, 4) is 0 Å². The summed E-state index contributed by atoms with van der Waals surface area (Å²) in [6.45, 7) is 0.289. The normalized spacial score (nSPS) is 36.2. The fourth-order valence-electron chi connectivity index (χ4n) is 4.21. The highest BCUT2D eigenvalue weighted by Gasteiger charge is 2.56. The zero-order valence-electron chi connectivity index (χ0n) is 14.1. The lowest BCUT2D eigenvalue weighted by atomic mass is 9.78. The van der Waals surface area contributed by atoms with E-state index in [2.05, 4.69) is 0 Å². The Kier molecular flexibility index (Phi) is 5.17. The van der Waals surface area contributed by atoms with Gasteiger partial charge >= 0.3 is 13.1 Å². The van der Waals surface area contributed by atoms with Crippen LogP contribution in [0, 0.1) is 11.8 Å². The van der Waals surface area contributed by atoms with E-state index in [-0.39, 0.29) is 25.5 Å². The molecule has 1 aliphatic carbocycles. The molecular weight excluding hydrogens is 349 g/mol. The Labute approximate surface area is 148 Å². The molecule has 5 N–H and O–H groups in total. The van der Waals surface area contributed by atoms with Crippen LogP contribution >= 0.6 is 0 Å². The second kappa shape index (κ2) is 6.78. The van der Waals surface area contributed by atoms with E-state index < -0.39 is 34.8 Å². The van der Waals surface area contributed by atoms with Crippen molar-refractivity contribution in [3.63, 3.8) is 0 Å². The summed E-state index contributed by atoms with van der Waals surface area (Å²) in [7, 11) is -5.18. The minimum atomic E-state index is -3.72. The van der Waals surface area contributed by atoms with Crippen LogP contribution in [0.15, 0.2) is 0 Å². The monoisotopic (exact) mass is 375 g/mol. The number of carboxylic acid groups (broad SMARTS) is 1. The van der Waals surface area contributed by atoms with Gasteiger partial charge in [0, 0.05) is 31.6 Å². The Morgan fingerprint density at radius 3 is 2.72 bits per heavy atom. The Morgan fingerprint density at radius 1 is 1.36 bits per heavy atom. The minimum Gasteiger partial charge on any atom is -0.480 e. The molecule has 9 nitrogen and oxygen atoms in total. The molecule has 3 aliphatic rings. The maximum absolute atomic E-state index is 13.0. The van der Waals surface area contributed by atoms with Gasteiger partial charge in [-0.25, -0.2) is 0 Å². The second-order valence-corrected chi connectivity index (χ2v) is 9.45. The van der Waals surface area contributed by atoms with Gasteiger partial charge in [0.15, 0.2) is 0 Å². The van der Waals surface area contributed by atoms with Gasteiger partial charge in [-0.05, 0) is 37.9 Å². The number of aliphatic carboxylic acids is 1. The molecule has 0 aromatic rings. The Balaban J connectivity index is 1.73. The van der Waals surface area contributed by atoms with E-state index >= 15 is 0 Å². The van der Waals surface area contributed by atoms with Gasteiger partial charge in [0.2, 0.25) is 0 Å². The first kappa shape index (κ1) is 19.1. The third kappa shape index (κ3) is 3.58. The summed E-state index contributed by atoms with van der Waals surface area (Å²) >= 11 is 0. The number of carbonyl (C=O) groups is 1. The molecule has 2 saturated heterocycles. The van der Waals surface area contributed by atoms with Gasteiger partial charge in [0.25, 0.3) is 10.2 Å². The summed E-state index contributed by atoms with van der Waals surface area (Å²) in [5, 5.41) is 27.4. The molecule has 4 atom stereocenters. The van der Waals surface area contributed by atoms with Gasteiger partial charge in [0.1, 0.15) is 5.54 Å². The van der Waals surface area contributed by atoms with Crippen LogP contribution in [-0.2, 0) is 15.0 Å². The fraction of sp³-hybridized carbons (Fsp3) is 0.929. The maximum atomic E-state index is 13.0. The molecule has 0 radical (unpaired) electrons. The highest BCUT2D eigenvalue weighted by molar-refractivity contribution is 7.86. The van der Waals surface area contributed by atoms with Crippen LogP contribution in [0.3, 0.4) is 0 Å². The Bertz CT molecular complexity index is 632. The number of rotatable bonds is 7. The summed E-state index contributed by atoms with van der Waals surface area (Å²) < 4.78 is 28.7. The highest BCUT2D eigenvalue weighted by Crippen LogP contribution is 2.45. The first-order valence-electron chi connectivity index (χ1n) is 8.81. The van der Waals surface area contributed by atoms with Crippen LogP contribution in [-0.4, -0.2) is 76.5 Å². The molecule has 2 aliphatic heterocycles. The smallest absolute Gasteiger partial charge is 0.451 e. The molecule has 25 heavy (non-hydrogen) atoms. The summed E-state index contributed by atoms with van der Waals surface area (Å²) in [6, 6.07) is 0.0549. The lowest BCUT2D eigenvalue weighted by Crippen LogP contribution is -2.55. The van der Waals surface area contributed by atoms with E-state index in [1.54, 1.807) is 0 Å². The molecule has 11 heteroatoms. The molecule has 0 spiro atoms. The van der Waals surface area contributed by atoms with Crippen molar-refractivity contribution in [2.45, 2.75) is 50.0 Å². The number of nitrogens with zero attached hydrogens (tertiary/aromatic N) is 2. The van der Waals surface area contributed by atoms with Gasteiger partial charge in [-0.15, -0.1) is 0 Å². The first-order valence-corrected chi connectivity index (χ1v) is 10.2. The Hall–Kier alpha value is -0.715. The lowest BCUT2D eigenvalue weighted by Gasteiger charge is -2.30. The first-order chi connectivity index (χ1) is 11.7. The third-order valence-electron chi connectivity index (χ3n) is 5.83. The van der Waals surface area contributed by atoms with Crippen LogP contribution in [0.4, 0.5) is 0 Å². The lowest BCUT2D eigenvalue weighted by molar-refractivity contribution is -0.144. The number of nitrogens with two attached hydrogens (primary N) is 1. The van der Waals surface area contributed by atoms with Crippen LogP contribution in [0.2, 0.25) is 6.32 Å². The average Bonchev–Trinajstić information content (AvgIpc) is 3.23. The molecule has 1 unspecified atom stereocenters. The minimum absolute atomic E-state index is 0.0549. The standard InChI is InChI=1S/C14H26BN3O6S/c16-14(13(19)20)9-17(8-11(14)4-1-5-15(21)22)25(23,24)18-6-2-3-10-7-12(10)18/h10-12,21-22H,1-9,16H2,(H,19,20)/t10-,11-,12?,14-/m0/s1. The molecule has 0 amide bonds. The molecule has 2 heterocycles. The molecule has 3 fully saturated rings. The number of hydrogen-bond donors (Lipinski definition) is 4. The van der Waals surface area contributed by atoms with Crippen molar-refractivity contribution in [2.75, 3.05) is 19.6 Å². The van der Waals surface area contributed by atoms with E-state index in [1.807, 2.05) is 0 Å². The summed E-state index contributed by atoms with van der Waals surface area (Å²) in [5.41, 5.74) is 4.43. The number of fused-ring (bicyclic) bond motifs is 1. The Morgan fingerprint density at radius 2 is 2.08 bits per heavy atom. The maximum Gasteiger partial charge on any atom is 0.451 e. The predicted molar refractivity (Wildman–Crippen MR) is 90.6 cm³/mol. The van der Waals surface area contributed by atoms with Gasteiger partial charge < -0.3 is 20.9 Å². The fourth-order valence-corrected chi connectivity index (χ4v) is 6.21. The molecule has 1 saturated carbocycles. The molecule has 0 bridgehead atoms. The van der Waals surface area contributed by atoms with Crippen LogP contribution in [0.5, 0.6) is 0 Å². The average molecular weight is 375 g/mol. The van der Waals surface area contributed by atoms with Gasteiger partial charge in [-0.3, -0.25) is 4.79 Å². The van der Waals surface area contributed by atoms with Crippen molar-refractivity contribution in [2.24, 2.45) is 17.6 Å². The van der Waals surface area contributed by atoms with Crippen molar-refractivity contribution < 1.29 is 28.4 Å². The quantitative estimate of drug-likeness (QED) is 0.404. The molecule has 3 rings (SSSR count). The topological polar surface area (TPSA) is 144 Å². The largest absolute Gasteiger partial charge is 0.480 e. The van der Waals surface area contributed by atoms with E-state index in [9.17, 15) is 18.3 Å². The van der Waals surface area contributed by atoms with E-state index in [1.165, 1.54) is 8.61 Å².